The van der Waals surface area contributed by atoms with Crippen molar-refractivity contribution >= 4 is 5.69 Å². The van der Waals surface area contributed by atoms with Crippen LogP contribution in [0.5, 0.6) is 11.5 Å². The zero-order valence-corrected chi connectivity index (χ0v) is 19.1. The molecule has 0 radical (unpaired) electrons. The van der Waals surface area contributed by atoms with Gasteiger partial charge < -0.3 is 19.1 Å². The van der Waals surface area contributed by atoms with Gasteiger partial charge in [-0.3, -0.25) is 4.90 Å². The summed E-state index contributed by atoms with van der Waals surface area (Å²) in [5, 5.41) is 12.5. The second-order valence-corrected chi connectivity index (χ2v) is 7.74. The fourth-order valence-electron chi connectivity index (χ4n) is 4.22. The predicted molar refractivity (Wildman–Crippen MR) is 121 cm³/mol. The molecule has 0 saturated carbocycles. The van der Waals surface area contributed by atoms with Gasteiger partial charge in [0, 0.05) is 44.9 Å². The van der Waals surface area contributed by atoms with Crippen molar-refractivity contribution in [2.45, 2.75) is 12.6 Å². The van der Waals surface area contributed by atoms with Crippen LogP contribution >= 0.6 is 0 Å². The fourth-order valence-corrected chi connectivity index (χ4v) is 4.22. The number of halogens is 1. The molecule has 1 atom stereocenters. The van der Waals surface area contributed by atoms with Crippen LogP contribution in [0.3, 0.4) is 0 Å². The van der Waals surface area contributed by atoms with E-state index in [0.717, 1.165) is 5.56 Å². The molecule has 0 spiro atoms. The maximum Gasteiger partial charge on any atom is 0.173 e. The van der Waals surface area contributed by atoms with Gasteiger partial charge >= 0.3 is 0 Å². The van der Waals surface area contributed by atoms with E-state index >= 15 is 0 Å². The van der Waals surface area contributed by atoms with E-state index in [1.165, 1.54) is 6.07 Å². The molecule has 3 aromatic rings. The van der Waals surface area contributed by atoms with Gasteiger partial charge in [0.15, 0.2) is 5.82 Å². The number of benzene rings is 2. The number of anilines is 1. The van der Waals surface area contributed by atoms with Gasteiger partial charge in [0.2, 0.25) is 0 Å². The molecule has 1 saturated heterocycles. The Bertz CT molecular complexity index is 1050. The standard InChI is InChI=1S/C23H29FN6O3/c1-31-15-14-30-23(25-26-27-30)22(18-9-8-17(32-2)16-21(18)33-3)29-12-10-28(11-13-29)20-7-5-4-6-19(20)24/h4-9,16,22H,10-15H2,1-3H3/t22-/m1/s1. The lowest BCUT2D eigenvalue weighted by Gasteiger charge is -2.40. The summed E-state index contributed by atoms with van der Waals surface area (Å²) in [6, 6.07) is 12.4. The molecule has 33 heavy (non-hydrogen) atoms. The molecular formula is C23H29FN6O3. The van der Waals surface area contributed by atoms with Gasteiger partial charge in [-0.15, -0.1) is 5.10 Å². The summed E-state index contributed by atoms with van der Waals surface area (Å²) in [4.78, 5) is 4.37. The van der Waals surface area contributed by atoms with E-state index in [4.69, 9.17) is 14.2 Å². The normalized spacial score (nSPS) is 15.5. The highest BCUT2D eigenvalue weighted by Crippen LogP contribution is 2.37. The average Bonchev–Trinajstić information content (AvgIpc) is 3.32. The van der Waals surface area contributed by atoms with Crippen molar-refractivity contribution in [1.82, 2.24) is 25.1 Å². The van der Waals surface area contributed by atoms with Gasteiger partial charge in [0.1, 0.15) is 23.4 Å². The maximum absolute atomic E-state index is 14.3. The number of ether oxygens (including phenoxy) is 3. The maximum atomic E-state index is 14.3. The van der Waals surface area contributed by atoms with Crippen molar-refractivity contribution in [2.24, 2.45) is 0 Å². The Morgan fingerprint density at radius 3 is 2.48 bits per heavy atom. The van der Waals surface area contributed by atoms with E-state index in [0.29, 0.717) is 62.3 Å². The third-order valence-electron chi connectivity index (χ3n) is 5.92. The zero-order chi connectivity index (χ0) is 23.2. The van der Waals surface area contributed by atoms with Gasteiger partial charge in [-0.05, 0) is 34.7 Å². The summed E-state index contributed by atoms with van der Waals surface area (Å²) < 4.78 is 32.4. The molecule has 10 heteroatoms. The summed E-state index contributed by atoms with van der Waals surface area (Å²) in [5.74, 6) is 1.90. The number of piperazine rings is 1. The lowest BCUT2D eigenvalue weighted by molar-refractivity contribution is 0.171. The molecule has 4 rings (SSSR count). The van der Waals surface area contributed by atoms with E-state index in [2.05, 4.69) is 25.3 Å². The molecular weight excluding hydrogens is 427 g/mol. The third kappa shape index (κ3) is 4.91. The molecule has 0 N–H and O–H groups in total. The summed E-state index contributed by atoms with van der Waals surface area (Å²) >= 11 is 0. The van der Waals surface area contributed by atoms with Crippen LogP contribution in [-0.4, -0.2) is 79.2 Å². The molecule has 1 aliphatic heterocycles. The molecule has 0 bridgehead atoms. The second kappa shape index (κ2) is 10.6. The molecule has 0 unspecified atom stereocenters. The highest BCUT2D eigenvalue weighted by atomic mass is 19.1. The number of hydrogen-bond acceptors (Lipinski definition) is 8. The average molecular weight is 457 g/mol. The van der Waals surface area contributed by atoms with Gasteiger partial charge in [-0.2, -0.15) is 0 Å². The Balaban J connectivity index is 1.66. The molecule has 1 fully saturated rings. The van der Waals surface area contributed by atoms with E-state index in [-0.39, 0.29) is 11.9 Å². The first-order valence-electron chi connectivity index (χ1n) is 10.9. The quantitative estimate of drug-likeness (QED) is 0.486. The summed E-state index contributed by atoms with van der Waals surface area (Å²) in [6.07, 6.45) is 0. The molecule has 176 valence electrons. The first-order chi connectivity index (χ1) is 16.2. The van der Waals surface area contributed by atoms with Crippen molar-refractivity contribution in [2.75, 3.05) is 59.0 Å². The van der Waals surface area contributed by atoms with Crippen LogP contribution in [0.4, 0.5) is 10.1 Å². The van der Waals surface area contributed by atoms with Crippen molar-refractivity contribution in [3.63, 3.8) is 0 Å². The van der Waals surface area contributed by atoms with Crippen LogP contribution in [-0.2, 0) is 11.3 Å². The van der Waals surface area contributed by atoms with Crippen LogP contribution in [0.25, 0.3) is 0 Å². The third-order valence-corrected chi connectivity index (χ3v) is 5.92. The number of nitrogens with zero attached hydrogens (tertiary/aromatic N) is 6. The minimum Gasteiger partial charge on any atom is -0.497 e. The lowest BCUT2D eigenvalue weighted by Crippen LogP contribution is -2.48. The smallest absolute Gasteiger partial charge is 0.173 e. The van der Waals surface area contributed by atoms with Crippen LogP contribution in [0.2, 0.25) is 0 Å². The van der Waals surface area contributed by atoms with Gasteiger partial charge in [-0.1, -0.05) is 12.1 Å². The van der Waals surface area contributed by atoms with Crippen LogP contribution in [0, 0.1) is 5.82 Å². The summed E-state index contributed by atoms with van der Waals surface area (Å²) in [5.41, 5.74) is 1.56. The highest BCUT2D eigenvalue weighted by molar-refractivity contribution is 5.48. The Labute approximate surface area is 192 Å². The van der Waals surface area contributed by atoms with Crippen molar-refractivity contribution in [3.05, 3.63) is 59.7 Å². The monoisotopic (exact) mass is 456 g/mol. The molecule has 0 aliphatic carbocycles. The largest absolute Gasteiger partial charge is 0.497 e. The Morgan fingerprint density at radius 2 is 1.79 bits per heavy atom. The lowest BCUT2D eigenvalue weighted by atomic mass is 10.0. The number of para-hydroxylation sites is 1. The van der Waals surface area contributed by atoms with Crippen LogP contribution in [0.15, 0.2) is 42.5 Å². The molecule has 2 heterocycles. The van der Waals surface area contributed by atoms with Gasteiger partial charge in [0.25, 0.3) is 0 Å². The molecule has 1 aliphatic rings. The Kier molecular flexibility index (Phi) is 7.36. The van der Waals surface area contributed by atoms with E-state index in [9.17, 15) is 4.39 Å². The predicted octanol–water partition coefficient (Wildman–Crippen LogP) is 2.39. The Morgan fingerprint density at radius 1 is 1.00 bits per heavy atom. The first kappa shape index (κ1) is 22.9. The molecule has 0 amide bonds. The molecule has 2 aromatic carbocycles. The van der Waals surface area contributed by atoms with Gasteiger partial charge in [-0.25, -0.2) is 9.07 Å². The van der Waals surface area contributed by atoms with E-state index < -0.39 is 0 Å². The van der Waals surface area contributed by atoms with Crippen molar-refractivity contribution in [3.8, 4) is 11.5 Å². The zero-order valence-electron chi connectivity index (χ0n) is 19.1. The topological polar surface area (TPSA) is 77.8 Å². The number of hydrogen-bond donors (Lipinski definition) is 0. The minimum atomic E-state index is -0.250. The van der Waals surface area contributed by atoms with Gasteiger partial charge in [0.05, 0.1) is 33.1 Å². The molecule has 1 aromatic heterocycles. The van der Waals surface area contributed by atoms with E-state index in [1.807, 2.05) is 30.3 Å². The van der Waals surface area contributed by atoms with Crippen LogP contribution < -0.4 is 14.4 Å². The van der Waals surface area contributed by atoms with E-state index in [1.54, 1.807) is 32.1 Å². The number of aromatic nitrogens is 4. The number of rotatable bonds is 9. The molecule has 9 nitrogen and oxygen atoms in total. The fraction of sp³-hybridized carbons (Fsp3) is 0.435. The number of methoxy groups -OCH3 is 3. The summed E-state index contributed by atoms with van der Waals surface area (Å²) in [7, 11) is 4.91. The first-order valence-corrected chi connectivity index (χ1v) is 10.9. The minimum absolute atomic E-state index is 0.206. The summed E-state index contributed by atoms with van der Waals surface area (Å²) in [6.45, 7) is 3.77. The highest BCUT2D eigenvalue weighted by Gasteiger charge is 2.33. The number of tetrazole rings is 1. The van der Waals surface area contributed by atoms with Crippen molar-refractivity contribution in [1.29, 1.82) is 0 Å². The SMILES string of the molecule is COCCn1nnnc1[C@@H](c1ccc(OC)cc1OC)N1CCN(c2ccccc2F)CC1. The second-order valence-electron chi connectivity index (χ2n) is 7.74. The Hall–Kier alpha value is -3.24. The van der Waals surface area contributed by atoms with Crippen molar-refractivity contribution < 1.29 is 18.6 Å². The van der Waals surface area contributed by atoms with Crippen LogP contribution in [0.1, 0.15) is 17.4 Å².